The Balaban J connectivity index is 1.71. The minimum absolute atomic E-state index is 0.0948. The molecule has 1 amide bonds. The van der Waals surface area contributed by atoms with Crippen LogP contribution in [0.1, 0.15) is 21.5 Å². The van der Waals surface area contributed by atoms with E-state index in [1.54, 1.807) is 5.38 Å². The quantitative estimate of drug-likeness (QED) is 0.488. The van der Waals surface area contributed by atoms with Crippen molar-refractivity contribution in [3.63, 3.8) is 0 Å². The van der Waals surface area contributed by atoms with Crippen LogP contribution in [0.15, 0.2) is 52.9 Å². The van der Waals surface area contributed by atoms with E-state index in [9.17, 15) is 30.8 Å². The van der Waals surface area contributed by atoms with E-state index in [0.29, 0.717) is 6.07 Å². The van der Waals surface area contributed by atoms with Gasteiger partial charge in [0.2, 0.25) is 0 Å². The van der Waals surface area contributed by atoms with Crippen molar-refractivity contribution in [1.29, 1.82) is 0 Å². The number of rotatable bonds is 6. The maximum absolute atomic E-state index is 14.4. The van der Waals surface area contributed by atoms with Crippen LogP contribution >= 0.6 is 22.9 Å². The van der Waals surface area contributed by atoms with E-state index in [1.165, 1.54) is 6.20 Å². The van der Waals surface area contributed by atoms with Crippen LogP contribution < -0.4 is 10.0 Å². The van der Waals surface area contributed by atoms with Gasteiger partial charge in [0, 0.05) is 18.1 Å². The van der Waals surface area contributed by atoms with E-state index < -0.39 is 49.0 Å². The number of aromatic nitrogens is 1. The number of carbonyl (C=O) groups excluding carboxylic acids is 1. The highest BCUT2D eigenvalue weighted by molar-refractivity contribution is 7.93. The fourth-order valence-corrected chi connectivity index (χ4v) is 4.58. The molecule has 2 aromatic carbocycles. The van der Waals surface area contributed by atoms with Crippen molar-refractivity contribution in [2.45, 2.75) is 17.6 Å². The van der Waals surface area contributed by atoms with Crippen LogP contribution in [0.3, 0.4) is 0 Å². The molecule has 1 aromatic heterocycles. The normalized spacial score (nSPS) is 11.9. The lowest BCUT2D eigenvalue weighted by molar-refractivity contribution is -0.137. The number of hydrogen-bond donors (Lipinski definition) is 2. The molecule has 31 heavy (non-hydrogen) atoms. The fraction of sp³-hybridized carbons (Fsp3) is 0.111. The molecule has 3 rings (SSSR count). The molecule has 0 atom stereocenters. The van der Waals surface area contributed by atoms with Crippen molar-refractivity contribution in [2.24, 2.45) is 0 Å². The minimum Gasteiger partial charge on any atom is -0.348 e. The zero-order chi connectivity index (χ0) is 22.8. The van der Waals surface area contributed by atoms with E-state index in [0.717, 1.165) is 41.7 Å². The SMILES string of the molecule is O=C(NCc1ccc(C(F)(F)F)c(Cl)c1)c1ccc(S(=O)(=O)Nc2nccs2)cc1F. The van der Waals surface area contributed by atoms with Crippen LogP contribution in [-0.4, -0.2) is 19.3 Å². The summed E-state index contributed by atoms with van der Waals surface area (Å²) in [6, 6.07) is 5.66. The minimum atomic E-state index is -4.61. The van der Waals surface area contributed by atoms with Crippen molar-refractivity contribution in [1.82, 2.24) is 10.3 Å². The molecule has 0 aliphatic rings. The lowest BCUT2D eigenvalue weighted by atomic mass is 10.1. The summed E-state index contributed by atoms with van der Waals surface area (Å²) in [5.41, 5.74) is -1.19. The van der Waals surface area contributed by atoms with Crippen molar-refractivity contribution in [3.05, 3.63) is 75.5 Å². The highest BCUT2D eigenvalue weighted by Crippen LogP contribution is 2.34. The summed E-state index contributed by atoms with van der Waals surface area (Å²) in [5, 5.41) is 3.46. The molecule has 1 heterocycles. The summed E-state index contributed by atoms with van der Waals surface area (Å²) < 4.78 is 79.3. The van der Waals surface area contributed by atoms with Crippen LogP contribution in [-0.2, 0) is 22.7 Å². The van der Waals surface area contributed by atoms with Gasteiger partial charge in [0.25, 0.3) is 15.9 Å². The molecule has 0 spiro atoms. The van der Waals surface area contributed by atoms with E-state index in [-0.39, 0.29) is 17.2 Å². The number of hydrogen-bond acceptors (Lipinski definition) is 5. The first kappa shape index (κ1) is 23.0. The Bertz CT molecular complexity index is 1220. The molecule has 3 aromatic rings. The van der Waals surface area contributed by atoms with Crippen LogP contribution in [0.5, 0.6) is 0 Å². The number of thiazole rings is 1. The molecule has 13 heteroatoms. The molecular formula is C18H12ClF4N3O3S2. The smallest absolute Gasteiger partial charge is 0.348 e. The molecule has 164 valence electrons. The summed E-state index contributed by atoms with van der Waals surface area (Å²) in [7, 11) is -4.10. The second kappa shape index (κ2) is 8.81. The molecule has 0 saturated heterocycles. The van der Waals surface area contributed by atoms with E-state index in [4.69, 9.17) is 11.6 Å². The van der Waals surface area contributed by atoms with Gasteiger partial charge >= 0.3 is 6.18 Å². The first-order valence-corrected chi connectivity index (χ1v) is 11.1. The number of benzene rings is 2. The Labute approximate surface area is 182 Å². The predicted octanol–water partition coefficient (Wildman–Crippen LogP) is 4.69. The Kier molecular flexibility index (Phi) is 6.53. The summed E-state index contributed by atoms with van der Waals surface area (Å²) >= 11 is 6.66. The van der Waals surface area contributed by atoms with Gasteiger partial charge in [-0.3, -0.25) is 9.52 Å². The number of nitrogens with one attached hydrogen (secondary N) is 2. The molecule has 0 aliphatic heterocycles. The third-order valence-corrected chi connectivity index (χ3v) is 6.41. The molecular weight excluding hydrogens is 482 g/mol. The highest BCUT2D eigenvalue weighted by atomic mass is 35.5. The van der Waals surface area contributed by atoms with Gasteiger partial charge in [0.05, 0.1) is 21.0 Å². The van der Waals surface area contributed by atoms with Crippen molar-refractivity contribution in [2.75, 3.05) is 4.72 Å². The predicted molar refractivity (Wildman–Crippen MR) is 107 cm³/mol. The zero-order valence-corrected chi connectivity index (χ0v) is 17.6. The fourth-order valence-electron chi connectivity index (χ4n) is 2.47. The second-order valence-electron chi connectivity index (χ2n) is 6.08. The van der Waals surface area contributed by atoms with Gasteiger partial charge < -0.3 is 5.32 Å². The van der Waals surface area contributed by atoms with Gasteiger partial charge in [0.1, 0.15) is 5.82 Å². The van der Waals surface area contributed by atoms with Crippen LogP contribution in [0.2, 0.25) is 5.02 Å². The zero-order valence-electron chi connectivity index (χ0n) is 15.2. The summed E-state index contributed by atoms with van der Waals surface area (Å²) in [6.07, 6.45) is -3.22. The topological polar surface area (TPSA) is 88.2 Å². The molecule has 0 unspecified atom stereocenters. The molecule has 2 N–H and O–H groups in total. The lowest BCUT2D eigenvalue weighted by Gasteiger charge is -2.11. The van der Waals surface area contributed by atoms with E-state index >= 15 is 0 Å². The number of amides is 1. The maximum Gasteiger partial charge on any atom is 0.417 e. The summed E-state index contributed by atoms with van der Waals surface area (Å²) in [4.78, 5) is 15.6. The summed E-state index contributed by atoms with van der Waals surface area (Å²) in [6.45, 7) is -0.220. The van der Waals surface area contributed by atoms with Crippen LogP contribution in [0.4, 0.5) is 22.7 Å². The van der Waals surface area contributed by atoms with Crippen molar-refractivity contribution < 1.29 is 30.8 Å². The molecule has 0 radical (unpaired) electrons. The number of halogens is 5. The largest absolute Gasteiger partial charge is 0.417 e. The Hall–Kier alpha value is -2.70. The number of nitrogens with zero attached hydrogens (tertiary/aromatic N) is 1. The number of sulfonamides is 1. The van der Waals surface area contributed by atoms with Gasteiger partial charge in [0.15, 0.2) is 5.13 Å². The molecule has 0 fully saturated rings. The van der Waals surface area contributed by atoms with Gasteiger partial charge in [-0.2, -0.15) is 13.2 Å². The van der Waals surface area contributed by atoms with E-state index in [2.05, 4.69) is 15.0 Å². The number of anilines is 1. The van der Waals surface area contributed by atoms with Crippen LogP contribution in [0.25, 0.3) is 0 Å². The average molecular weight is 494 g/mol. The molecule has 0 bridgehead atoms. The maximum atomic E-state index is 14.4. The molecule has 0 saturated carbocycles. The molecule has 0 aliphatic carbocycles. The van der Waals surface area contributed by atoms with Gasteiger partial charge in [-0.05, 0) is 35.9 Å². The standard InChI is InChI=1S/C18H12ClF4N3O3S2/c19-14-7-10(1-4-13(14)18(21,22)23)9-25-16(27)12-3-2-11(8-15(12)20)31(28,29)26-17-24-5-6-30-17/h1-8H,9H2,(H,24,26)(H,25,27). The Morgan fingerprint density at radius 1 is 1.16 bits per heavy atom. The monoisotopic (exact) mass is 493 g/mol. The van der Waals surface area contributed by atoms with E-state index in [1.807, 2.05) is 0 Å². The molecule has 6 nitrogen and oxygen atoms in total. The van der Waals surface area contributed by atoms with Gasteiger partial charge in [-0.1, -0.05) is 17.7 Å². The Morgan fingerprint density at radius 2 is 1.90 bits per heavy atom. The van der Waals surface area contributed by atoms with Crippen molar-refractivity contribution in [3.8, 4) is 0 Å². The van der Waals surface area contributed by atoms with Gasteiger partial charge in [-0.15, -0.1) is 11.3 Å². The van der Waals surface area contributed by atoms with Crippen molar-refractivity contribution >= 4 is 44.0 Å². The number of alkyl halides is 3. The third kappa shape index (κ3) is 5.51. The third-order valence-electron chi connectivity index (χ3n) is 3.94. The first-order valence-electron chi connectivity index (χ1n) is 8.33. The second-order valence-corrected chi connectivity index (χ2v) is 9.06. The number of carbonyl (C=O) groups is 1. The first-order chi connectivity index (χ1) is 14.5. The average Bonchev–Trinajstić information content (AvgIpc) is 3.17. The van der Waals surface area contributed by atoms with Gasteiger partial charge in [-0.25, -0.2) is 17.8 Å². The van der Waals surface area contributed by atoms with Crippen LogP contribution in [0, 0.1) is 5.82 Å². The summed E-state index contributed by atoms with van der Waals surface area (Å²) in [5.74, 6) is -1.98. The highest BCUT2D eigenvalue weighted by Gasteiger charge is 2.33. The Morgan fingerprint density at radius 3 is 2.48 bits per heavy atom. The lowest BCUT2D eigenvalue weighted by Crippen LogP contribution is -2.24.